The molecule has 1 aromatic carbocycles. The van der Waals surface area contributed by atoms with Crippen LogP contribution in [0.3, 0.4) is 0 Å². The first-order valence-corrected chi connectivity index (χ1v) is 6.87. The molecule has 10 heteroatoms. The summed E-state index contributed by atoms with van der Waals surface area (Å²) in [6.07, 6.45) is -3.07. The molecule has 0 saturated carbocycles. The van der Waals surface area contributed by atoms with Gasteiger partial charge in [0.05, 0.1) is 16.1 Å². The van der Waals surface area contributed by atoms with E-state index < -0.39 is 17.5 Å². The molecule has 24 heavy (non-hydrogen) atoms. The highest BCUT2D eigenvalue weighted by atomic mass is 35.5. The monoisotopic (exact) mass is 356 g/mol. The lowest BCUT2D eigenvalue weighted by atomic mass is 10.2. The van der Waals surface area contributed by atoms with E-state index in [0.29, 0.717) is 11.3 Å². The third kappa shape index (κ3) is 3.40. The number of hydrogen-bond acceptors (Lipinski definition) is 5. The minimum atomic E-state index is -4.41. The Morgan fingerprint density at radius 1 is 1.21 bits per heavy atom. The Morgan fingerprint density at radius 3 is 2.50 bits per heavy atom. The second-order valence-corrected chi connectivity index (χ2v) is 5.13. The fourth-order valence-electron chi connectivity index (χ4n) is 1.94. The average Bonchev–Trinajstić information content (AvgIpc) is 2.95. The molecule has 0 atom stereocenters. The molecular formula is C14H8ClF3N4O2. The average molecular weight is 357 g/mol. The lowest BCUT2D eigenvalue weighted by molar-refractivity contribution is -0.137. The van der Waals surface area contributed by atoms with Gasteiger partial charge in [-0.25, -0.2) is 9.78 Å². The summed E-state index contributed by atoms with van der Waals surface area (Å²) < 4.78 is 42.2. The van der Waals surface area contributed by atoms with Gasteiger partial charge in [0, 0.05) is 11.9 Å². The molecule has 0 radical (unpaired) electrons. The van der Waals surface area contributed by atoms with Crippen LogP contribution in [0.25, 0.3) is 11.4 Å². The molecule has 0 saturated heterocycles. The van der Waals surface area contributed by atoms with Crippen molar-refractivity contribution >= 4 is 23.1 Å². The van der Waals surface area contributed by atoms with Crippen LogP contribution in [-0.4, -0.2) is 15.1 Å². The number of aromatic amines is 1. The maximum Gasteiger partial charge on any atom is 0.439 e. The number of H-pyrrole nitrogens is 1. The SMILES string of the molecule is O=c1[nH]c(-c2cc(Cl)cnc2Nc2ccc(C(F)(F)F)cc2)no1. The maximum atomic E-state index is 12.6. The standard InChI is InChI=1S/C14H8ClF3N4O2/c15-8-5-10(12-21-13(23)24-22-12)11(19-6-8)20-9-3-1-7(2-4-9)14(16,17)18/h1-6H,(H,19,20)(H,21,22,23). The van der Waals surface area contributed by atoms with Gasteiger partial charge in [0.2, 0.25) is 0 Å². The molecule has 0 unspecified atom stereocenters. The fraction of sp³-hybridized carbons (Fsp3) is 0.0714. The molecule has 6 nitrogen and oxygen atoms in total. The van der Waals surface area contributed by atoms with E-state index in [-0.39, 0.29) is 16.7 Å². The first-order chi connectivity index (χ1) is 11.3. The van der Waals surface area contributed by atoms with Crippen LogP contribution in [0.2, 0.25) is 5.02 Å². The van der Waals surface area contributed by atoms with Crippen molar-refractivity contribution in [3.8, 4) is 11.4 Å². The third-order valence-corrected chi connectivity index (χ3v) is 3.23. The number of anilines is 2. The Balaban J connectivity index is 1.94. The first-order valence-electron chi connectivity index (χ1n) is 6.49. The van der Waals surface area contributed by atoms with Gasteiger partial charge in [0.1, 0.15) is 5.82 Å². The van der Waals surface area contributed by atoms with Crippen LogP contribution in [0, 0.1) is 0 Å². The van der Waals surface area contributed by atoms with Gasteiger partial charge in [-0.05, 0) is 30.3 Å². The van der Waals surface area contributed by atoms with Crippen molar-refractivity contribution < 1.29 is 17.7 Å². The van der Waals surface area contributed by atoms with Gasteiger partial charge in [0.25, 0.3) is 0 Å². The highest BCUT2D eigenvalue weighted by molar-refractivity contribution is 6.30. The topological polar surface area (TPSA) is 83.8 Å². The van der Waals surface area contributed by atoms with Gasteiger partial charge in [-0.2, -0.15) is 13.2 Å². The maximum absolute atomic E-state index is 12.6. The Morgan fingerprint density at radius 2 is 1.92 bits per heavy atom. The summed E-state index contributed by atoms with van der Waals surface area (Å²) in [4.78, 5) is 17.5. The minimum Gasteiger partial charge on any atom is -0.340 e. The van der Waals surface area contributed by atoms with Crippen molar-refractivity contribution in [3.63, 3.8) is 0 Å². The van der Waals surface area contributed by atoms with E-state index in [1.807, 2.05) is 0 Å². The Bertz CT molecular complexity index is 919. The molecule has 3 rings (SSSR count). The van der Waals surface area contributed by atoms with E-state index in [1.165, 1.54) is 24.4 Å². The molecular weight excluding hydrogens is 349 g/mol. The van der Waals surface area contributed by atoms with Crippen LogP contribution < -0.4 is 11.1 Å². The molecule has 0 spiro atoms. The second-order valence-electron chi connectivity index (χ2n) is 4.69. The summed E-state index contributed by atoms with van der Waals surface area (Å²) in [6.45, 7) is 0. The van der Waals surface area contributed by atoms with E-state index in [2.05, 4.69) is 25.0 Å². The number of nitrogens with one attached hydrogen (secondary N) is 2. The second kappa shape index (κ2) is 6.00. The normalized spacial score (nSPS) is 11.5. The molecule has 0 aliphatic carbocycles. The number of alkyl halides is 3. The summed E-state index contributed by atoms with van der Waals surface area (Å²) in [7, 11) is 0. The zero-order valence-corrected chi connectivity index (χ0v) is 12.4. The van der Waals surface area contributed by atoms with Crippen LogP contribution >= 0.6 is 11.6 Å². The van der Waals surface area contributed by atoms with Crippen LogP contribution in [0.5, 0.6) is 0 Å². The van der Waals surface area contributed by atoms with Crippen LogP contribution in [0.15, 0.2) is 45.8 Å². The quantitative estimate of drug-likeness (QED) is 0.745. The fourth-order valence-corrected chi connectivity index (χ4v) is 2.10. The van der Waals surface area contributed by atoms with Gasteiger partial charge in [0.15, 0.2) is 5.82 Å². The van der Waals surface area contributed by atoms with Gasteiger partial charge < -0.3 is 5.32 Å². The summed E-state index contributed by atoms with van der Waals surface area (Å²) in [6, 6.07) is 5.88. The number of halogens is 4. The van der Waals surface area contributed by atoms with E-state index >= 15 is 0 Å². The van der Waals surface area contributed by atoms with Crippen molar-refractivity contribution in [2.45, 2.75) is 6.18 Å². The van der Waals surface area contributed by atoms with E-state index in [4.69, 9.17) is 11.6 Å². The predicted molar refractivity (Wildman–Crippen MR) is 80.1 cm³/mol. The van der Waals surface area contributed by atoms with E-state index in [9.17, 15) is 18.0 Å². The number of aromatic nitrogens is 3. The minimum absolute atomic E-state index is 0.0874. The van der Waals surface area contributed by atoms with Crippen LogP contribution in [-0.2, 0) is 6.18 Å². The Hall–Kier alpha value is -2.81. The van der Waals surface area contributed by atoms with Gasteiger partial charge >= 0.3 is 11.9 Å². The zero-order chi connectivity index (χ0) is 17.3. The van der Waals surface area contributed by atoms with Gasteiger partial charge in [-0.15, -0.1) is 0 Å². The molecule has 2 aromatic heterocycles. The van der Waals surface area contributed by atoms with Crippen LogP contribution in [0.1, 0.15) is 5.56 Å². The van der Waals surface area contributed by atoms with Crippen molar-refractivity contribution in [1.29, 1.82) is 0 Å². The summed E-state index contributed by atoms with van der Waals surface area (Å²) in [5.41, 5.74) is -0.0728. The molecule has 124 valence electrons. The lowest BCUT2D eigenvalue weighted by Gasteiger charge is -2.11. The number of rotatable bonds is 3. The number of nitrogens with zero attached hydrogens (tertiary/aromatic N) is 2. The van der Waals surface area contributed by atoms with E-state index in [1.54, 1.807) is 0 Å². The number of pyridine rings is 1. The summed E-state index contributed by atoms with van der Waals surface area (Å²) in [5, 5.41) is 6.67. The third-order valence-electron chi connectivity index (χ3n) is 3.02. The molecule has 3 aromatic rings. The molecule has 0 aliphatic heterocycles. The van der Waals surface area contributed by atoms with Gasteiger partial charge in [-0.1, -0.05) is 16.8 Å². The first kappa shape index (κ1) is 16.1. The summed E-state index contributed by atoms with van der Waals surface area (Å²) in [5.74, 6) is -0.432. The van der Waals surface area contributed by atoms with E-state index in [0.717, 1.165) is 12.1 Å². The highest BCUT2D eigenvalue weighted by Crippen LogP contribution is 2.32. The lowest BCUT2D eigenvalue weighted by Crippen LogP contribution is -2.05. The number of hydrogen-bond donors (Lipinski definition) is 2. The smallest absolute Gasteiger partial charge is 0.340 e. The summed E-state index contributed by atoms with van der Waals surface area (Å²) >= 11 is 5.88. The van der Waals surface area contributed by atoms with Crippen molar-refractivity contribution in [2.24, 2.45) is 0 Å². The van der Waals surface area contributed by atoms with Gasteiger partial charge in [-0.3, -0.25) is 9.51 Å². The molecule has 0 amide bonds. The molecule has 0 aliphatic rings. The largest absolute Gasteiger partial charge is 0.439 e. The molecule has 0 bridgehead atoms. The molecule has 2 heterocycles. The zero-order valence-electron chi connectivity index (χ0n) is 11.7. The van der Waals surface area contributed by atoms with Crippen molar-refractivity contribution in [1.82, 2.24) is 15.1 Å². The Labute approximate surface area is 137 Å². The molecule has 0 fully saturated rings. The van der Waals surface area contributed by atoms with Crippen molar-refractivity contribution in [2.75, 3.05) is 5.32 Å². The van der Waals surface area contributed by atoms with Crippen LogP contribution in [0.4, 0.5) is 24.7 Å². The Kier molecular flexibility index (Phi) is 4.02. The molecule has 2 N–H and O–H groups in total. The number of benzene rings is 1. The van der Waals surface area contributed by atoms with Crippen molar-refractivity contribution in [3.05, 3.63) is 57.7 Å². The highest BCUT2D eigenvalue weighted by Gasteiger charge is 2.30. The predicted octanol–water partition coefficient (Wildman–Crippen LogP) is 3.84.